The Balaban J connectivity index is 1.34. The average molecular weight is 549 g/mol. The zero-order valence-electron chi connectivity index (χ0n) is 23.4. The summed E-state index contributed by atoms with van der Waals surface area (Å²) >= 11 is 0. The van der Waals surface area contributed by atoms with E-state index in [2.05, 4.69) is 27.7 Å². The molecule has 2 N–H and O–H groups in total. The van der Waals surface area contributed by atoms with Gasteiger partial charge in [-0.05, 0) is 50.5 Å². The number of nitrogen functional groups attached to an aromatic ring is 1. The third-order valence-corrected chi connectivity index (χ3v) is 7.59. The number of hydrogen-bond acceptors (Lipinski definition) is 7. The minimum absolute atomic E-state index is 0.0232. The number of nitrogens with two attached hydrogens (primary N) is 1. The van der Waals surface area contributed by atoms with Gasteiger partial charge in [-0.25, -0.2) is 15.0 Å². The van der Waals surface area contributed by atoms with Gasteiger partial charge in [0.05, 0.1) is 23.3 Å². The minimum atomic E-state index is 0.0232. The molecule has 0 spiro atoms. The number of nitrogens with zero attached hydrogens (tertiary/aromatic N) is 7. The van der Waals surface area contributed by atoms with E-state index in [0.717, 1.165) is 52.0 Å². The summed E-state index contributed by atoms with van der Waals surface area (Å²) in [5.41, 5.74) is 12.4. The van der Waals surface area contributed by atoms with E-state index in [9.17, 15) is 4.79 Å². The van der Waals surface area contributed by atoms with Gasteiger partial charge in [0.25, 0.3) is 0 Å². The van der Waals surface area contributed by atoms with Gasteiger partial charge < -0.3 is 19.9 Å². The van der Waals surface area contributed by atoms with Gasteiger partial charge in [0.2, 0.25) is 11.8 Å². The van der Waals surface area contributed by atoms with Gasteiger partial charge in [0, 0.05) is 54.8 Å². The Morgan fingerprint density at radius 1 is 1.07 bits per heavy atom. The summed E-state index contributed by atoms with van der Waals surface area (Å²) in [5.74, 6) is 1.67. The van der Waals surface area contributed by atoms with Crippen LogP contribution in [0.25, 0.3) is 33.4 Å². The second-order valence-corrected chi connectivity index (χ2v) is 10.5. The maximum atomic E-state index is 12.3. The number of benzene rings is 1. The molecular weight excluding hydrogens is 516 g/mol. The number of aromatic nitrogens is 6. The Kier molecular flexibility index (Phi) is 6.74. The molecule has 1 amide bonds. The standard InChI is InChI=1S/C31H32N8O2/c1-19(2)31(40)38-14-12-23(13-15-38)39-17-22(16-35-39)28-26(27-29(32)33-18-34-30(27)37(28)4)21-8-10-24(11-9-21)41-25-7-5-6-20(3)36-25/h5-11,16-18,23H,1,12-15H2,2-4H3,(H2,32,33,34). The fourth-order valence-electron chi connectivity index (χ4n) is 5.54. The summed E-state index contributed by atoms with van der Waals surface area (Å²) < 4.78 is 10.0. The van der Waals surface area contributed by atoms with E-state index in [0.29, 0.717) is 36.1 Å². The first-order chi connectivity index (χ1) is 19.8. The molecule has 0 bridgehead atoms. The molecule has 0 aliphatic carbocycles. The molecule has 5 heterocycles. The number of fused-ring (bicyclic) bond motifs is 1. The van der Waals surface area contributed by atoms with Crippen molar-refractivity contribution < 1.29 is 9.53 Å². The van der Waals surface area contributed by atoms with Crippen LogP contribution in [0.4, 0.5) is 5.82 Å². The first-order valence-electron chi connectivity index (χ1n) is 13.6. The van der Waals surface area contributed by atoms with Crippen LogP contribution >= 0.6 is 0 Å². The molecular formula is C31H32N8O2. The molecule has 10 nitrogen and oxygen atoms in total. The van der Waals surface area contributed by atoms with Crippen molar-refractivity contribution in [1.29, 1.82) is 0 Å². The molecule has 1 aromatic carbocycles. The second kappa shape index (κ2) is 10.5. The molecule has 0 atom stereocenters. The number of ether oxygens (including phenoxy) is 1. The van der Waals surface area contributed by atoms with Crippen LogP contribution < -0.4 is 10.5 Å². The van der Waals surface area contributed by atoms with Crippen molar-refractivity contribution in [3.05, 3.63) is 79.0 Å². The highest BCUT2D eigenvalue weighted by molar-refractivity contribution is 6.07. The molecule has 1 fully saturated rings. The SMILES string of the molecule is C=C(C)C(=O)N1CCC(n2cc(-c3c(-c4ccc(Oc5cccc(C)n5)cc4)c4c(N)ncnc4n3C)cn2)CC1. The fraction of sp³-hybridized carbons (Fsp3) is 0.258. The van der Waals surface area contributed by atoms with Gasteiger partial charge >= 0.3 is 0 Å². The summed E-state index contributed by atoms with van der Waals surface area (Å²) in [6.45, 7) is 8.85. The van der Waals surface area contributed by atoms with Gasteiger partial charge in [0.1, 0.15) is 23.5 Å². The Bertz CT molecular complexity index is 1760. The smallest absolute Gasteiger partial charge is 0.248 e. The second-order valence-electron chi connectivity index (χ2n) is 10.5. The molecule has 1 aliphatic heterocycles. The lowest BCUT2D eigenvalue weighted by atomic mass is 10.00. The van der Waals surface area contributed by atoms with E-state index < -0.39 is 0 Å². The molecule has 4 aromatic heterocycles. The van der Waals surface area contributed by atoms with Crippen LogP contribution in [0.1, 0.15) is 31.5 Å². The van der Waals surface area contributed by atoms with Crippen LogP contribution in [0.3, 0.4) is 0 Å². The number of hydrogen-bond donors (Lipinski definition) is 1. The van der Waals surface area contributed by atoms with E-state index in [4.69, 9.17) is 15.6 Å². The molecule has 41 heavy (non-hydrogen) atoms. The highest BCUT2D eigenvalue weighted by Crippen LogP contribution is 2.42. The molecule has 208 valence electrons. The predicted octanol–water partition coefficient (Wildman–Crippen LogP) is 5.32. The van der Waals surface area contributed by atoms with E-state index in [1.165, 1.54) is 6.33 Å². The molecule has 0 radical (unpaired) electrons. The van der Waals surface area contributed by atoms with Crippen LogP contribution in [0, 0.1) is 6.92 Å². The van der Waals surface area contributed by atoms with Gasteiger partial charge in [0.15, 0.2) is 0 Å². The van der Waals surface area contributed by atoms with Crippen molar-refractivity contribution in [3.8, 4) is 34.0 Å². The van der Waals surface area contributed by atoms with Crippen LogP contribution in [-0.2, 0) is 11.8 Å². The molecule has 10 heteroatoms. The number of aryl methyl sites for hydroxylation is 2. The molecule has 5 aromatic rings. The van der Waals surface area contributed by atoms with Crippen molar-refractivity contribution in [2.75, 3.05) is 18.8 Å². The van der Waals surface area contributed by atoms with Crippen LogP contribution in [0.5, 0.6) is 11.6 Å². The zero-order chi connectivity index (χ0) is 28.7. The van der Waals surface area contributed by atoms with Crippen molar-refractivity contribution in [1.82, 2.24) is 34.2 Å². The van der Waals surface area contributed by atoms with Crippen molar-refractivity contribution in [2.45, 2.75) is 32.7 Å². The number of amides is 1. The van der Waals surface area contributed by atoms with Crippen LogP contribution in [-0.4, -0.2) is 53.2 Å². The number of likely N-dealkylation sites (tertiary alicyclic amines) is 1. The highest BCUT2D eigenvalue weighted by atomic mass is 16.5. The number of piperidine rings is 1. The minimum Gasteiger partial charge on any atom is -0.439 e. The van der Waals surface area contributed by atoms with E-state index in [1.54, 1.807) is 6.92 Å². The maximum absolute atomic E-state index is 12.3. The molecule has 1 aliphatic rings. The molecule has 6 rings (SSSR count). The quantitative estimate of drug-likeness (QED) is 0.286. The number of anilines is 1. The topological polar surface area (TPSA) is 117 Å². The lowest BCUT2D eigenvalue weighted by molar-refractivity contribution is -0.128. The third kappa shape index (κ3) is 4.93. The van der Waals surface area contributed by atoms with Gasteiger partial charge in [-0.15, -0.1) is 0 Å². The monoisotopic (exact) mass is 548 g/mol. The van der Waals surface area contributed by atoms with Crippen LogP contribution in [0.2, 0.25) is 0 Å². The number of pyridine rings is 1. The first-order valence-corrected chi connectivity index (χ1v) is 13.6. The lowest BCUT2D eigenvalue weighted by Gasteiger charge is -2.32. The predicted molar refractivity (Wildman–Crippen MR) is 158 cm³/mol. The van der Waals surface area contributed by atoms with Gasteiger partial charge in [-0.1, -0.05) is 24.8 Å². The van der Waals surface area contributed by atoms with E-state index in [1.807, 2.05) is 76.8 Å². The molecule has 1 saturated heterocycles. The Morgan fingerprint density at radius 2 is 1.83 bits per heavy atom. The number of carbonyl (C=O) groups excluding carboxylic acids is 1. The summed E-state index contributed by atoms with van der Waals surface area (Å²) in [4.78, 5) is 27.5. The van der Waals surface area contributed by atoms with Gasteiger partial charge in [-0.3, -0.25) is 9.48 Å². The van der Waals surface area contributed by atoms with Crippen molar-refractivity contribution in [3.63, 3.8) is 0 Å². The van der Waals surface area contributed by atoms with Crippen molar-refractivity contribution >= 4 is 22.8 Å². The van der Waals surface area contributed by atoms with Crippen LogP contribution in [0.15, 0.2) is 73.3 Å². The van der Waals surface area contributed by atoms with Crippen molar-refractivity contribution in [2.24, 2.45) is 7.05 Å². The normalized spacial score (nSPS) is 14.0. The van der Waals surface area contributed by atoms with Gasteiger partial charge in [-0.2, -0.15) is 5.10 Å². The summed E-state index contributed by atoms with van der Waals surface area (Å²) in [5, 5.41) is 5.54. The average Bonchev–Trinajstić information content (AvgIpc) is 3.57. The maximum Gasteiger partial charge on any atom is 0.248 e. The zero-order valence-corrected chi connectivity index (χ0v) is 23.4. The Morgan fingerprint density at radius 3 is 2.54 bits per heavy atom. The van der Waals surface area contributed by atoms with E-state index in [-0.39, 0.29) is 11.9 Å². The number of carbonyl (C=O) groups is 1. The first kappa shape index (κ1) is 26.2. The Hall–Kier alpha value is -4.99. The summed E-state index contributed by atoms with van der Waals surface area (Å²) in [6, 6.07) is 13.7. The molecule has 0 unspecified atom stereocenters. The molecule has 0 saturated carbocycles. The van der Waals surface area contributed by atoms with E-state index >= 15 is 0 Å². The lowest BCUT2D eigenvalue weighted by Crippen LogP contribution is -2.39. The third-order valence-electron chi connectivity index (χ3n) is 7.59. The summed E-state index contributed by atoms with van der Waals surface area (Å²) in [7, 11) is 1.98. The largest absolute Gasteiger partial charge is 0.439 e. The fourth-order valence-corrected chi connectivity index (χ4v) is 5.54. The Labute approximate surface area is 238 Å². The number of rotatable bonds is 6. The summed E-state index contributed by atoms with van der Waals surface area (Å²) in [6.07, 6.45) is 7.10. The highest BCUT2D eigenvalue weighted by Gasteiger charge is 2.27.